The Morgan fingerprint density at radius 1 is 1.04 bits per heavy atom. The molecule has 152 valence electrons. The lowest BCUT2D eigenvalue weighted by atomic mass is 9.80. The minimum atomic E-state index is -2.90. The Morgan fingerprint density at radius 2 is 1.70 bits per heavy atom. The van der Waals surface area contributed by atoms with Crippen LogP contribution >= 0.6 is 0 Å². The summed E-state index contributed by atoms with van der Waals surface area (Å²) in [6.07, 6.45) is 7.92. The third kappa shape index (κ3) is 6.21. The summed E-state index contributed by atoms with van der Waals surface area (Å²) in [4.78, 5) is 0. The molecule has 0 N–H and O–H groups in total. The van der Waals surface area contributed by atoms with Gasteiger partial charge in [0.2, 0.25) is 0 Å². The lowest BCUT2D eigenvalue weighted by Gasteiger charge is -2.28. The van der Waals surface area contributed by atoms with Gasteiger partial charge in [-0.15, -0.1) is 0 Å². The van der Waals surface area contributed by atoms with Crippen molar-refractivity contribution in [3.8, 4) is 5.75 Å². The fourth-order valence-corrected chi connectivity index (χ4v) is 5.49. The van der Waals surface area contributed by atoms with Crippen LogP contribution in [-0.2, 0) is 21.0 Å². The first-order chi connectivity index (χ1) is 12.9. The van der Waals surface area contributed by atoms with Gasteiger partial charge in [-0.3, -0.25) is 0 Å². The second kappa shape index (κ2) is 9.42. The van der Waals surface area contributed by atoms with Crippen LogP contribution in [0, 0.1) is 11.8 Å². The highest BCUT2D eigenvalue weighted by atomic mass is 32.2. The van der Waals surface area contributed by atoms with Gasteiger partial charge in [-0.25, -0.2) is 8.42 Å². The van der Waals surface area contributed by atoms with Gasteiger partial charge in [0.1, 0.15) is 11.9 Å². The molecular weight excluding hydrogens is 360 g/mol. The largest absolute Gasteiger partial charge is 0.488 e. The monoisotopic (exact) mass is 394 g/mol. The summed E-state index contributed by atoms with van der Waals surface area (Å²) in [6.45, 7) is 5.08. The summed E-state index contributed by atoms with van der Waals surface area (Å²) in [5.74, 6) is 2.41. The second-order valence-electron chi connectivity index (χ2n) is 8.55. The van der Waals surface area contributed by atoms with Crippen LogP contribution in [-0.4, -0.2) is 38.7 Å². The first-order valence-electron chi connectivity index (χ1n) is 10.5. The van der Waals surface area contributed by atoms with Gasteiger partial charge < -0.3 is 9.47 Å². The molecule has 4 nitrogen and oxygen atoms in total. The molecule has 3 rings (SSSR count). The highest BCUT2D eigenvalue weighted by Gasteiger charge is 2.27. The average Bonchev–Trinajstić information content (AvgIpc) is 3.15. The van der Waals surface area contributed by atoms with Gasteiger partial charge in [0.25, 0.3) is 0 Å². The van der Waals surface area contributed by atoms with Crippen molar-refractivity contribution in [1.29, 1.82) is 0 Å². The molecule has 1 saturated carbocycles. The van der Waals surface area contributed by atoms with Crippen molar-refractivity contribution in [2.45, 2.75) is 70.1 Å². The van der Waals surface area contributed by atoms with Gasteiger partial charge in [0.05, 0.1) is 24.2 Å². The highest BCUT2D eigenvalue weighted by molar-refractivity contribution is 7.91. The predicted molar refractivity (Wildman–Crippen MR) is 109 cm³/mol. The van der Waals surface area contributed by atoms with Gasteiger partial charge in [0, 0.05) is 6.42 Å². The van der Waals surface area contributed by atoms with Gasteiger partial charge in [-0.1, -0.05) is 25.0 Å². The Morgan fingerprint density at radius 3 is 2.30 bits per heavy atom. The molecular formula is C22H34O4S. The maximum Gasteiger partial charge on any atom is 0.152 e. The van der Waals surface area contributed by atoms with Gasteiger partial charge >= 0.3 is 0 Å². The molecule has 1 unspecified atom stereocenters. The number of sulfone groups is 1. The zero-order valence-electron chi connectivity index (χ0n) is 16.7. The third-order valence-electron chi connectivity index (χ3n) is 6.11. The van der Waals surface area contributed by atoms with Gasteiger partial charge in [-0.2, -0.15) is 0 Å². The first kappa shape index (κ1) is 20.7. The SMILES string of the molecule is CC(C)S(=O)(=O)CC1CCC(CCc2ccc(OC3CCOC3)cc2)CC1. The molecule has 2 fully saturated rings. The van der Waals surface area contributed by atoms with Crippen LogP contribution in [0.5, 0.6) is 5.75 Å². The van der Waals surface area contributed by atoms with E-state index in [4.69, 9.17) is 9.47 Å². The lowest BCUT2D eigenvalue weighted by molar-refractivity contribution is 0.141. The van der Waals surface area contributed by atoms with Crippen LogP contribution in [0.2, 0.25) is 0 Å². The summed E-state index contributed by atoms with van der Waals surface area (Å²) in [7, 11) is -2.90. The van der Waals surface area contributed by atoms with Crippen LogP contribution in [0.4, 0.5) is 0 Å². The molecule has 1 saturated heterocycles. The molecule has 0 spiro atoms. The lowest BCUT2D eigenvalue weighted by Crippen LogP contribution is -2.26. The van der Waals surface area contributed by atoms with E-state index in [1.54, 1.807) is 13.8 Å². The van der Waals surface area contributed by atoms with Crippen molar-refractivity contribution in [2.24, 2.45) is 11.8 Å². The van der Waals surface area contributed by atoms with E-state index in [-0.39, 0.29) is 11.4 Å². The minimum absolute atomic E-state index is 0.200. The Balaban J connectivity index is 1.38. The number of aryl methyl sites for hydroxylation is 1. The van der Waals surface area contributed by atoms with Crippen molar-refractivity contribution < 1.29 is 17.9 Å². The van der Waals surface area contributed by atoms with Crippen LogP contribution in [0.3, 0.4) is 0 Å². The molecule has 1 aliphatic carbocycles. The Kier molecular flexibility index (Phi) is 7.21. The summed E-state index contributed by atoms with van der Waals surface area (Å²) in [5.41, 5.74) is 1.36. The molecule has 5 heteroatoms. The summed E-state index contributed by atoms with van der Waals surface area (Å²) in [5, 5.41) is -0.247. The fraction of sp³-hybridized carbons (Fsp3) is 0.727. The molecule has 1 heterocycles. The van der Waals surface area contributed by atoms with Crippen LogP contribution in [0.25, 0.3) is 0 Å². The molecule has 0 bridgehead atoms. The topological polar surface area (TPSA) is 52.6 Å². The average molecular weight is 395 g/mol. The molecule has 0 aromatic heterocycles. The standard InChI is InChI=1S/C22H34O4S/c1-17(2)27(23,24)16-20-7-5-18(6-8-20)3-4-19-9-11-21(12-10-19)26-22-13-14-25-15-22/h9-12,17-18,20,22H,3-8,13-16H2,1-2H3. The van der Waals surface area contributed by atoms with Crippen molar-refractivity contribution in [1.82, 2.24) is 0 Å². The molecule has 2 aliphatic rings. The number of hydrogen-bond acceptors (Lipinski definition) is 4. The normalized spacial score (nSPS) is 26.4. The smallest absolute Gasteiger partial charge is 0.152 e. The number of ether oxygens (including phenoxy) is 2. The molecule has 27 heavy (non-hydrogen) atoms. The van der Waals surface area contributed by atoms with Crippen molar-refractivity contribution in [3.05, 3.63) is 29.8 Å². The summed E-state index contributed by atoms with van der Waals surface area (Å²) < 4.78 is 35.5. The minimum Gasteiger partial charge on any atom is -0.488 e. The van der Waals surface area contributed by atoms with E-state index in [0.717, 1.165) is 44.0 Å². The van der Waals surface area contributed by atoms with E-state index >= 15 is 0 Å². The highest BCUT2D eigenvalue weighted by Crippen LogP contribution is 2.33. The number of hydrogen-bond donors (Lipinski definition) is 0. The van der Waals surface area contributed by atoms with Crippen molar-refractivity contribution >= 4 is 9.84 Å². The maximum atomic E-state index is 12.1. The fourth-order valence-electron chi connectivity index (χ4n) is 4.11. The Labute approximate surface area is 164 Å². The molecule has 0 radical (unpaired) electrons. The van der Waals surface area contributed by atoms with E-state index < -0.39 is 9.84 Å². The maximum absolute atomic E-state index is 12.1. The zero-order chi connectivity index (χ0) is 19.3. The van der Waals surface area contributed by atoms with Crippen molar-refractivity contribution in [2.75, 3.05) is 19.0 Å². The first-order valence-corrected chi connectivity index (χ1v) is 12.2. The van der Waals surface area contributed by atoms with E-state index in [9.17, 15) is 8.42 Å². The van der Waals surface area contributed by atoms with Gasteiger partial charge in [0.15, 0.2) is 9.84 Å². The van der Waals surface area contributed by atoms with E-state index in [1.165, 1.54) is 24.8 Å². The third-order valence-corrected chi connectivity index (χ3v) is 8.48. The molecule has 1 aromatic carbocycles. The van der Waals surface area contributed by atoms with E-state index in [1.807, 2.05) is 0 Å². The molecule has 1 aliphatic heterocycles. The van der Waals surface area contributed by atoms with E-state index in [2.05, 4.69) is 24.3 Å². The molecule has 0 amide bonds. The van der Waals surface area contributed by atoms with Crippen LogP contribution < -0.4 is 4.74 Å². The summed E-state index contributed by atoms with van der Waals surface area (Å²) in [6, 6.07) is 8.49. The molecule has 1 aromatic rings. The van der Waals surface area contributed by atoms with Crippen molar-refractivity contribution in [3.63, 3.8) is 0 Å². The second-order valence-corrected chi connectivity index (χ2v) is 11.2. The predicted octanol–water partition coefficient (Wildman–Crippen LogP) is 4.42. The zero-order valence-corrected chi connectivity index (χ0v) is 17.5. The van der Waals surface area contributed by atoms with E-state index in [0.29, 0.717) is 18.3 Å². The van der Waals surface area contributed by atoms with Crippen LogP contribution in [0.1, 0.15) is 57.9 Å². The number of benzene rings is 1. The Bertz CT molecular complexity index is 667. The quantitative estimate of drug-likeness (QED) is 0.655. The van der Waals surface area contributed by atoms with Gasteiger partial charge in [-0.05, 0) is 69.1 Å². The molecule has 1 atom stereocenters. The number of rotatable bonds is 8. The Hall–Kier alpha value is -1.07. The van der Waals surface area contributed by atoms with Crippen LogP contribution in [0.15, 0.2) is 24.3 Å². The summed E-state index contributed by atoms with van der Waals surface area (Å²) >= 11 is 0.